The largest absolute Gasteiger partial charge is 0.481 e. The van der Waals surface area contributed by atoms with Gasteiger partial charge in [0.1, 0.15) is 6.04 Å². The van der Waals surface area contributed by atoms with Gasteiger partial charge < -0.3 is 10.1 Å². The summed E-state index contributed by atoms with van der Waals surface area (Å²) < 4.78 is 0. The van der Waals surface area contributed by atoms with Crippen molar-refractivity contribution in [3.63, 3.8) is 0 Å². The number of nitrogens with zero attached hydrogens (tertiary/aromatic N) is 1. The Morgan fingerprint density at radius 2 is 1.79 bits per heavy atom. The van der Waals surface area contributed by atoms with Crippen molar-refractivity contribution < 1.29 is 14.7 Å². The van der Waals surface area contributed by atoms with Crippen LogP contribution in [0.3, 0.4) is 0 Å². The van der Waals surface area contributed by atoms with Crippen molar-refractivity contribution in [1.82, 2.24) is 10.4 Å². The molecule has 3 aromatic rings. The minimum atomic E-state index is -0.886. The van der Waals surface area contributed by atoms with Gasteiger partial charge >= 0.3 is 5.97 Å². The van der Waals surface area contributed by atoms with Crippen molar-refractivity contribution in [2.24, 2.45) is 4.99 Å². The number of carboxylic acid groups (broad SMARTS) is 1. The molecule has 2 aromatic carbocycles. The first kappa shape index (κ1) is 20.1. The fraction of sp³-hybridized carbons (Fsp3) is 0.227. The molecule has 0 aliphatic rings. The fourth-order valence-electron chi connectivity index (χ4n) is 3.06. The SMILES string of the molecule is CC(CCC(=O)O)=N[C@@H](Cc1c[nH]c2ccccc12)C(=O)NNc1ccccc1. The number of hydrazine groups is 1. The number of anilines is 1. The molecule has 0 radical (unpaired) electrons. The lowest BCUT2D eigenvalue weighted by atomic mass is 10.0. The van der Waals surface area contributed by atoms with Crippen LogP contribution in [0.2, 0.25) is 0 Å². The molecule has 3 rings (SSSR count). The molecule has 0 bridgehead atoms. The van der Waals surface area contributed by atoms with Crippen LogP contribution in [-0.2, 0) is 16.0 Å². The van der Waals surface area contributed by atoms with Crippen molar-refractivity contribution in [2.45, 2.75) is 32.2 Å². The molecule has 0 saturated carbocycles. The number of hydrogen-bond acceptors (Lipinski definition) is 4. The Morgan fingerprint density at radius 3 is 2.55 bits per heavy atom. The maximum absolute atomic E-state index is 12.8. The lowest BCUT2D eigenvalue weighted by Gasteiger charge is -2.15. The first-order valence-corrected chi connectivity index (χ1v) is 9.44. The summed E-state index contributed by atoms with van der Waals surface area (Å²) in [6.07, 6.45) is 2.58. The number of aromatic amines is 1. The number of aliphatic imine (C=N–C) groups is 1. The van der Waals surface area contributed by atoms with Crippen LogP contribution in [0, 0.1) is 0 Å². The van der Waals surface area contributed by atoms with Crippen LogP contribution >= 0.6 is 0 Å². The summed E-state index contributed by atoms with van der Waals surface area (Å²) in [6.45, 7) is 1.75. The third-order valence-corrected chi connectivity index (χ3v) is 4.57. The number of carbonyl (C=O) groups excluding carboxylic acids is 1. The Balaban J connectivity index is 1.77. The number of carbonyl (C=O) groups is 2. The molecule has 1 atom stereocenters. The van der Waals surface area contributed by atoms with E-state index in [4.69, 9.17) is 5.11 Å². The molecule has 0 saturated heterocycles. The van der Waals surface area contributed by atoms with Crippen LogP contribution < -0.4 is 10.9 Å². The van der Waals surface area contributed by atoms with Gasteiger partial charge in [-0.15, -0.1) is 0 Å². The summed E-state index contributed by atoms with van der Waals surface area (Å²) in [5.74, 6) is -1.17. The molecule has 1 heterocycles. The van der Waals surface area contributed by atoms with Gasteiger partial charge in [-0.3, -0.25) is 25.4 Å². The van der Waals surface area contributed by atoms with Gasteiger partial charge in [0.2, 0.25) is 0 Å². The predicted octanol–water partition coefficient (Wildman–Crippen LogP) is 3.55. The number of benzene rings is 2. The molecule has 0 spiro atoms. The van der Waals surface area contributed by atoms with Gasteiger partial charge in [-0.05, 0) is 37.1 Å². The number of aliphatic carboxylic acids is 1. The summed E-state index contributed by atoms with van der Waals surface area (Å²) in [4.78, 5) is 31.4. The second-order valence-electron chi connectivity index (χ2n) is 6.82. The first-order valence-electron chi connectivity index (χ1n) is 9.44. The van der Waals surface area contributed by atoms with E-state index in [9.17, 15) is 9.59 Å². The average molecular weight is 392 g/mol. The highest BCUT2D eigenvalue weighted by Gasteiger charge is 2.20. The maximum Gasteiger partial charge on any atom is 0.303 e. The number of carboxylic acids is 1. The summed E-state index contributed by atoms with van der Waals surface area (Å²) in [5, 5.41) is 9.93. The molecule has 4 N–H and O–H groups in total. The molecule has 1 amide bonds. The average Bonchev–Trinajstić information content (AvgIpc) is 3.14. The number of aromatic nitrogens is 1. The highest BCUT2D eigenvalue weighted by molar-refractivity contribution is 5.91. The maximum atomic E-state index is 12.8. The van der Waals surface area contributed by atoms with E-state index in [-0.39, 0.29) is 12.3 Å². The fourth-order valence-corrected chi connectivity index (χ4v) is 3.06. The second-order valence-corrected chi connectivity index (χ2v) is 6.82. The van der Waals surface area contributed by atoms with E-state index in [1.807, 2.05) is 60.8 Å². The summed E-state index contributed by atoms with van der Waals surface area (Å²) >= 11 is 0. The first-order chi connectivity index (χ1) is 14.0. The molecular weight excluding hydrogens is 368 g/mol. The zero-order valence-corrected chi connectivity index (χ0v) is 16.2. The standard InChI is InChI=1S/C22H24N4O3/c1-15(11-12-21(27)28)24-20(22(29)26-25-17-7-3-2-4-8-17)13-16-14-23-19-10-6-5-9-18(16)19/h2-10,14,20,23,25H,11-13H2,1H3,(H,26,29)(H,27,28)/t20-/m0/s1. The van der Waals surface area contributed by atoms with E-state index in [0.29, 0.717) is 18.6 Å². The number of hydrogen-bond donors (Lipinski definition) is 4. The molecule has 0 unspecified atom stereocenters. The lowest BCUT2D eigenvalue weighted by Crippen LogP contribution is -2.39. The number of para-hydroxylation sites is 2. The Hall–Kier alpha value is -3.61. The van der Waals surface area contributed by atoms with Crippen LogP contribution in [0.1, 0.15) is 25.3 Å². The van der Waals surface area contributed by atoms with E-state index < -0.39 is 12.0 Å². The second kappa shape index (κ2) is 9.54. The quantitative estimate of drug-likeness (QED) is 0.330. The van der Waals surface area contributed by atoms with Crippen molar-refractivity contribution in [1.29, 1.82) is 0 Å². The molecule has 150 valence electrons. The number of fused-ring (bicyclic) bond motifs is 1. The van der Waals surface area contributed by atoms with Gasteiger partial charge in [-0.2, -0.15) is 0 Å². The zero-order chi connectivity index (χ0) is 20.6. The van der Waals surface area contributed by atoms with E-state index in [1.54, 1.807) is 6.92 Å². The topological polar surface area (TPSA) is 107 Å². The summed E-state index contributed by atoms with van der Waals surface area (Å²) in [6, 6.07) is 16.5. The zero-order valence-electron chi connectivity index (χ0n) is 16.2. The van der Waals surface area contributed by atoms with Crippen LogP contribution in [0.25, 0.3) is 10.9 Å². The molecule has 7 nitrogen and oxygen atoms in total. The minimum Gasteiger partial charge on any atom is -0.481 e. The lowest BCUT2D eigenvalue weighted by molar-refractivity contribution is -0.136. The van der Waals surface area contributed by atoms with Crippen LogP contribution in [0.15, 0.2) is 65.8 Å². The van der Waals surface area contributed by atoms with Gasteiger partial charge in [0.25, 0.3) is 5.91 Å². The molecule has 29 heavy (non-hydrogen) atoms. The summed E-state index contributed by atoms with van der Waals surface area (Å²) in [7, 11) is 0. The van der Waals surface area contributed by atoms with Crippen molar-refractivity contribution in [2.75, 3.05) is 5.43 Å². The summed E-state index contributed by atoms with van der Waals surface area (Å²) in [5.41, 5.74) is 8.97. The van der Waals surface area contributed by atoms with E-state index in [1.165, 1.54) is 0 Å². The van der Waals surface area contributed by atoms with Gasteiger partial charge in [0.05, 0.1) is 12.1 Å². The molecule has 1 aromatic heterocycles. The highest BCUT2D eigenvalue weighted by atomic mass is 16.4. The van der Waals surface area contributed by atoms with Crippen LogP contribution in [0.5, 0.6) is 0 Å². The van der Waals surface area contributed by atoms with Crippen molar-refractivity contribution in [3.05, 3.63) is 66.4 Å². The number of H-pyrrole nitrogens is 1. The van der Waals surface area contributed by atoms with Crippen LogP contribution in [0.4, 0.5) is 5.69 Å². The molecule has 0 aliphatic carbocycles. The third kappa shape index (κ3) is 5.68. The molecule has 0 aliphatic heterocycles. The number of amides is 1. The smallest absolute Gasteiger partial charge is 0.303 e. The Bertz CT molecular complexity index is 1010. The Labute approximate surface area is 168 Å². The van der Waals surface area contributed by atoms with Gasteiger partial charge in [-0.1, -0.05) is 36.4 Å². The number of nitrogens with one attached hydrogen (secondary N) is 3. The normalized spacial score (nSPS) is 12.5. The molecule has 0 fully saturated rings. The van der Waals surface area contributed by atoms with E-state index in [0.717, 1.165) is 22.2 Å². The van der Waals surface area contributed by atoms with Gasteiger partial charge in [0, 0.05) is 29.2 Å². The van der Waals surface area contributed by atoms with Crippen molar-refractivity contribution in [3.8, 4) is 0 Å². The highest BCUT2D eigenvalue weighted by Crippen LogP contribution is 2.20. The predicted molar refractivity (Wildman–Crippen MR) is 114 cm³/mol. The van der Waals surface area contributed by atoms with Crippen LogP contribution in [-0.4, -0.2) is 33.7 Å². The van der Waals surface area contributed by atoms with E-state index in [2.05, 4.69) is 20.8 Å². The van der Waals surface area contributed by atoms with E-state index >= 15 is 0 Å². The molecular formula is C22H24N4O3. The minimum absolute atomic E-state index is 0.0149. The Kier molecular flexibility index (Phi) is 6.63. The monoisotopic (exact) mass is 392 g/mol. The van der Waals surface area contributed by atoms with Crippen molar-refractivity contribution >= 4 is 34.2 Å². The van der Waals surface area contributed by atoms with Gasteiger partial charge in [-0.25, -0.2) is 0 Å². The van der Waals surface area contributed by atoms with Gasteiger partial charge in [0.15, 0.2) is 0 Å². The Morgan fingerprint density at radius 1 is 1.07 bits per heavy atom. The third-order valence-electron chi connectivity index (χ3n) is 4.57. The number of rotatable bonds is 9. The molecule has 7 heteroatoms.